The fraction of sp³-hybridized carbons (Fsp3) is 0. The summed E-state index contributed by atoms with van der Waals surface area (Å²) in [6, 6.07) is 88.3. The van der Waals surface area contributed by atoms with Crippen molar-refractivity contribution in [2.45, 2.75) is 0 Å². The number of benzene rings is 11. The van der Waals surface area contributed by atoms with Gasteiger partial charge in [-0.15, -0.1) is 0 Å². The van der Waals surface area contributed by atoms with Crippen molar-refractivity contribution in [2.24, 2.45) is 0 Å². The molecule has 0 bridgehead atoms. The van der Waals surface area contributed by atoms with E-state index in [2.05, 4.69) is 249 Å². The maximum atomic E-state index is 5.33. The van der Waals surface area contributed by atoms with Crippen molar-refractivity contribution in [3.05, 3.63) is 249 Å². The molecule has 12 aromatic rings. The van der Waals surface area contributed by atoms with Crippen LogP contribution in [0.5, 0.6) is 0 Å². The maximum absolute atomic E-state index is 5.33. The molecule has 308 valence electrons. The molecule has 11 aromatic carbocycles. The molecule has 0 atom stereocenters. The molecule has 1 aromatic heterocycles. The number of fused-ring (bicyclic) bond motifs is 3. The Morgan fingerprint density at radius 1 is 0.182 bits per heavy atom. The molecule has 0 unspecified atom stereocenters. The van der Waals surface area contributed by atoms with Crippen molar-refractivity contribution >= 4 is 32.3 Å². The van der Waals surface area contributed by atoms with Gasteiger partial charge in [0.2, 0.25) is 0 Å². The standard InChI is InChI=1S/C63H41N3/c1-3-17-42(18-4-1)50-37-38-52(56-28-10-9-26-54(50)56)45-33-35-46(36-34-45)61-64-62(66-63(65-61)60-31-14-13-30-59(60)58-32-16-22-44-21-7-8-25-49(44)58)48-24-15-23-47(41-48)53-40-39-51(43-19-5-2-6-20-43)55-27-11-12-29-57(53)55/h1-41H. The minimum atomic E-state index is 0.612. The fourth-order valence-corrected chi connectivity index (χ4v) is 9.59. The molecule has 0 aliphatic carbocycles. The Kier molecular flexibility index (Phi) is 9.85. The van der Waals surface area contributed by atoms with Crippen LogP contribution in [0.25, 0.3) is 122 Å². The van der Waals surface area contributed by atoms with Gasteiger partial charge in [0.1, 0.15) is 0 Å². The Morgan fingerprint density at radius 3 is 1.14 bits per heavy atom. The minimum absolute atomic E-state index is 0.612. The summed E-state index contributed by atoms with van der Waals surface area (Å²) < 4.78 is 0. The first-order valence-electron chi connectivity index (χ1n) is 22.4. The molecule has 1 heterocycles. The lowest BCUT2D eigenvalue weighted by molar-refractivity contribution is 1.07. The van der Waals surface area contributed by atoms with E-state index in [9.17, 15) is 0 Å². The highest BCUT2D eigenvalue weighted by molar-refractivity contribution is 6.06. The van der Waals surface area contributed by atoms with Crippen molar-refractivity contribution in [1.29, 1.82) is 0 Å². The van der Waals surface area contributed by atoms with E-state index >= 15 is 0 Å². The molecule has 3 nitrogen and oxygen atoms in total. The zero-order valence-electron chi connectivity index (χ0n) is 36.0. The third-order valence-corrected chi connectivity index (χ3v) is 12.8. The zero-order valence-corrected chi connectivity index (χ0v) is 36.0. The lowest BCUT2D eigenvalue weighted by atomic mass is 9.91. The zero-order chi connectivity index (χ0) is 43.8. The van der Waals surface area contributed by atoms with Gasteiger partial charge in [-0.3, -0.25) is 0 Å². The molecule has 0 fully saturated rings. The second-order valence-electron chi connectivity index (χ2n) is 16.7. The van der Waals surface area contributed by atoms with E-state index in [0.29, 0.717) is 17.5 Å². The molecule has 0 amide bonds. The van der Waals surface area contributed by atoms with E-state index in [1.807, 2.05) is 0 Å². The molecular weight excluding hydrogens is 799 g/mol. The van der Waals surface area contributed by atoms with Gasteiger partial charge in [-0.2, -0.15) is 0 Å². The third kappa shape index (κ3) is 7.10. The molecule has 0 aliphatic rings. The molecule has 0 radical (unpaired) electrons. The quantitative estimate of drug-likeness (QED) is 0.153. The number of nitrogens with zero attached hydrogens (tertiary/aromatic N) is 3. The first-order valence-corrected chi connectivity index (χ1v) is 22.4. The topological polar surface area (TPSA) is 38.7 Å². The number of hydrogen-bond acceptors (Lipinski definition) is 3. The van der Waals surface area contributed by atoms with Gasteiger partial charge in [-0.25, -0.2) is 15.0 Å². The van der Waals surface area contributed by atoms with Crippen LogP contribution in [0.2, 0.25) is 0 Å². The lowest BCUT2D eigenvalue weighted by Gasteiger charge is -2.15. The fourth-order valence-electron chi connectivity index (χ4n) is 9.59. The Morgan fingerprint density at radius 2 is 0.545 bits per heavy atom. The summed E-state index contributed by atoms with van der Waals surface area (Å²) in [6.45, 7) is 0. The normalized spacial score (nSPS) is 11.3. The van der Waals surface area contributed by atoms with Crippen molar-refractivity contribution in [1.82, 2.24) is 15.0 Å². The highest BCUT2D eigenvalue weighted by atomic mass is 15.0. The summed E-state index contributed by atoms with van der Waals surface area (Å²) in [5.74, 6) is 1.84. The summed E-state index contributed by atoms with van der Waals surface area (Å²) >= 11 is 0. The minimum Gasteiger partial charge on any atom is -0.208 e. The Labute approximate surface area is 384 Å². The van der Waals surface area contributed by atoms with Crippen LogP contribution in [-0.2, 0) is 0 Å². The van der Waals surface area contributed by atoms with Gasteiger partial charge in [0.25, 0.3) is 0 Å². The summed E-state index contributed by atoms with van der Waals surface area (Å²) in [6.07, 6.45) is 0. The molecule has 12 rings (SSSR count). The first kappa shape index (κ1) is 38.9. The third-order valence-electron chi connectivity index (χ3n) is 12.8. The number of hydrogen-bond donors (Lipinski definition) is 0. The van der Waals surface area contributed by atoms with Gasteiger partial charge in [0, 0.05) is 16.7 Å². The predicted molar refractivity (Wildman–Crippen MR) is 276 cm³/mol. The van der Waals surface area contributed by atoms with E-state index in [1.165, 1.54) is 60.1 Å². The van der Waals surface area contributed by atoms with Crippen molar-refractivity contribution < 1.29 is 0 Å². The molecular formula is C63H41N3. The molecule has 3 heteroatoms. The van der Waals surface area contributed by atoms with E-state index in [1.54, 1.807) is 0 Å². The lowest BCUT2D eigenvalue weighted by Crippen LogP contribution is -2.01. The molecule has 0 saturated heterocycles. The van der Waals surface area contributed by atoms with Crippen LogP contribution in [0.3, 0.4) is 0 Å². The molecule has 0 spiro atoms. The summed E-state index contributed by atoms with van der Waals surface area (Å²) in [4.78, 5) is 15.9. The highest BCUT2D eigenvalue weighted by Crippen LogP contribution is 2.40. The average molecular weight is 840 g/mol. The van der Waals surface area contributed by atoms with Crippen LogP contribution in [0.1, 0.15) is 0 Å². The van der Waals surface area contributed by atoms with Crippen LogP contribution < -0.4 is 0 Å². The van der Waals surface area contributed by atoms with Crippen molar-refractivity contribution in [2.75, 3.05) is 0 Å². The summed E-state index contributed by atoms with van der Waals surface area (Å²) in [5, 5.41) is 7.21. The molecule has 0 aliphatic heterocycles. The Hall–Kier alpha value is -8.79. The van der Waals surface area contributed by atoms with Gasteiger partial charge in [0.15, 0.2) is 17.5 Å². The monoisotopic (exact) mass is 839 g/mol. The molecule has 0 saturated carbocycles. The smallest absolute Gasteiger partial charge is 0.164 e. The maximum Gasteiger partial charge on any atom is 0.164 e. The average Bonchev–Trinajstić information content (AvgIpc) is 3.40. The number of aromatic nitrogens is 3. The molecule has 0 N–H and O–H groups in total. The second-order valence-corrected chi connectivity index (χ2v) is 16.7. The summed E-state index contributed by atoms with van der Waals surface area (Å²) in [7, 11) is 0. The van der Waals surface area contributed by atoms with E-state index in [-0.39, 0.29) is 0 Å². The van der Waals surface area contributed by atoms with Crippen LogP contribution in [0, 0.1) is 0 Å². The van der Waals surface area contributed by atoms with Crippen LogP contribution in [-0.4, -0.2) is 15.0 Å². The van der Waals surface area contributed by atoms with Gasteiger partial charge in [0.05, 0.1) is 0 Å². The number of rotatable bonds is 8. The van der Waals surface area contributed by atoms with E-state index in [4.69, 9.17) is 15.0 Å². The summed E-state index contributed by atoms with van der Waals surface area (Å²) in [5.41, 5.74) is 14.4. The van der Waals surface area contributed by atoms with Gasteiger partial charge in [-0.1, -0.05) is 243 Å². The predicted octanol–water partition coefficient (Wildman–Crippen LogP) is 16.7. The van der Waals surface area contributed by atoms with Crippen molar-refractivity contribution in [3.8, 4) is 89.8 Å². The van der Waals surface area contributed by atoms with Gasteiger partial charge < -0.3 is 0 Å². The van der Waals surface area contributed by atoms with E-state index < -0.39 is 0 Å². The van der Waals surface area contributed by atoms with Gasteiger partial charge in [-0.05, 0) is 94.0 Å². The molecule has 66 heavy (non-hydrogen) atoms. The largest absolute Gasteiger partial charge is 0.208 e. The van der Waals surface area contributed by atoms with Crippen molar-refractivity contribution in [3.63, 3.8) is 0 Å². The highest BCUT2D eigenvalue weighted by Gasteiger charge is 2.19. The Bertz CT molecular complexity index is 3740. The van der Waals surface area contributed by atoms with Crippen LogP contribution >= 0.6 is 0 Å². The SMILES string of the molecule is c1ccc(-c2ccc(-c3ccc(-c4nc(-c5cccc(-c6ccc(-c7ccccc7)c7ccccc67)c5)nc(-c5ccccc5-c5cccc6ccccc56)n4)cc3)c3ccccc23)cc1. The second kappa shape index (κ2) is 16.7. The Balaban J connectivity index is 0.999. The van der Waals surface area contributed by atoms with E-state index in [0.717, 1.165) is 44.5 Å². The first-order chi connectivity index (χ1) is 32.7. The van der Waals surface area contributed by atoms with Crippen LogP contribution in [0.4, 0.5) is 0 Å². The van der Waals surface area contributed by atoms with Gasteiger partial charge >= 0.3 is 0 Å². The van der Waals surface area contributed by atoms with Crippen LogP contribution in [0.15, 0.2) is 249 Å².